The summed E-state index contributed by atoms with van der Waals surface area (Å²) in [4.78, 5) is 13.9. The molecule has 0 bridgehead atoms. The molecule has 224 valence electrons. The molecule has 0 radical (unpaired) electrons. The number of rotatable bonds is 6. The second-order valence-electron chi connectivity index (χ2n) is 10.4. The Hall–Kier alpha value is -2.73. The van der Waals surface area contributed by atoms with Gasteiger partial charge in [0, 0.05) is 5.92 Å². The minimum atomic E-state index is -1.80. The highest BCUT2D eigenvalue weighted by Gasteiger charge is 2.51. The van der Waals surface area contributed by atoms with Crippen LogP contribution in [0.1, 0.15) is 38.5 Å². The van der Waals surface area contributed by atoms with Gasteiger partial charge >= 0.3 is 0 Å². The fourth-order valence-electron chi connectivity index (χ4n) is 5.78. The first-order chi connectivity index (χ1) is 19.5. The van der Waals surface area contributed by atoms with Gasteiger partial charge in [0.25, 0.3) is 0 Å². The van der Waals surface area contributed by atoms with Crippen LogP contribution >= 0.6 is 0 Å². The number of aliphatic hydroxyl groups is 9. The van der Waals surface area contributed by atoms with Gasteiger partial charge < -0.3 is 65.3 Å². The van der Waals surface area contributed by atoms with Crippen LogP contribution in [-0.2, 0) is 16.1 Å². The largest absolute Gasteiger partial charge is 0.507 e. The first-order valence-corrected chi connectivity index (χ1v) is 13.0. The Kier molecular flexibility index (Phi) is 8.35. The summed E-state index contributed by atoms with van der Waals surface area (Å²) >= 11 is 0. The highest BCUT2D eigenvalue weighted by molar-refractivity contribution is 6.16. The van der Waals surface area contributed by atoms with Crippen LogP contribution in [0.2, 0.25) is 0 Å². The van der Waals surface area contributed by atoms with Crippen molar-refractivity contribution in [2.24, 2.45) is 0 Å². The van der Waals surface area contributed by atoms with Gasteiger partial charge in [-0.25, -0.2) is 0 Å². The standard InChI is InChI=1S/C27H32O14/c28-6-9-4-11-16(26-24(37)22(35)19(32)14(7-29)39-26)10-2-1-3-13(18(10)21(34)17(11)12(31)5-9)40-27-25(38)23(36)20(33)15(8-30)41-27/h1-5,14-16,19-20,22-33,35-38H,6-8H2. The lowest BCUT2D eigenvalue weighted by Crippen LogP contribution is -2.60. The molecule has 14 nitrogen and oxygen atoms in total. The number of ether oxygens (including phenoxy) is 3. The van der Waals surface area contributed by atoms with Crippen LogP contribution in [0.3, 0.4) is 0 Å². The first-order valence-electron chi connectivity index (χ1n) is 13.0. The Morgan fingerprint density at radius 3 is 2.00 bits per heavy atom. The topological polar surface area (TPSA) is 247 Å². The number of hydrogen-bond donors (Lipinski definition) is 10. The maximum Gasteiger partial charge on any atom is 0.229 e. The zero-order valence-electron chi connectivity index (χ0n) is 21.5. The third-order valence-electron chi connectivity index (χ3n) is 7.92. The highest BCUT2D eigenvalue weighted by Crippen LogP contribution is 2.48. The average Bonchev–Trinajstić information content (AvgIpc) is 2.96. The molecule has 2 aliphatic heterocycles. The van der Waals surface area contributed by atoms with E-state index in [9.17, 15) is 55.9 Å². The maximum atomic E-state index is 13.9. The number of phenolic OH excluding ortho intramolecular Hbond substituents is 1. The Morgan fingerprint density at radius 1 is 0.732 bits per heavy atom. The van der Waals surface area contributed by atoms with Gasteiger partial charge in [0.05, 0.1) is 37.1 Å². The van der Waals surface area contributed by atoms with E-state index >= 15 is 0 Å². The lowest BCUT2D eigenvalue weighted by Gasteiger charge is -2.45. The fourth-order valence-corrected chi connectivity index (χ4v) is 5.78. The van der Waals surface area contributed by atoms with Gasteiger partial charge in [0.2, 0.25) is 12.1 Å². The van der Waals surface area contributed by atoms with Crippen molar-refractivity contribution in [3.8, 4) is 11.5 Å². The van der Waals surface area contributed by atoms with Crippen molar-refractivity contribution in [2.75, 3.05) is 13.2 Å². The van der Waals surface area contributed by atoms with E-state index in [2.05, 4.69) is 0 Å². The summed E-state index contributed by atoms with van der Waals surface area (Å²) in [5.41, 5.74) is 0.123. The van der Waals surface area contributed by atoms with Crippen LogP contribution in [0.25, 0.3) is 0 Å². The van der Waals surface area contributed by atoms with Gasteiger partial charge in [-0.1, -0.05) is 18.2 Å². The van der Waals surface area contributed by atoms with Gasteiger partial charge in [0.15, 0.2) is 0 Å². The van der Waals surface area contributed by atoms with Crippen LogP contribution in [-0.4, -0.2) is 131 Å². The maximum absolute atomic E-state index is 13.9. The Morgan fingerprint density at radius 2 is 1.37 bits per heavy atom. The smallest absolute Gasteiger partial charge is 0.229 e. The monoisotopic (exact) mass is 580 g/mol. The van der Waals surface area contributed by atoms with E-state index in [0.717, 1.165) is 0 Å². The van der Waals surface area contributed by atoms with E-state index in [1.807, 2.05) is 0 Å². The van der Waals surface area contributed by atoms with Crippen LogP contribution in [0.4, 0.5) is 0 Å². The van der Waals surface area contributed by atoms with Gasteiger partial charge in [-0.2, -0.15) is 0 Å². The van der Waals surface area contributed by atoms with Gasteiger partial charge in [0.1, 0.15) is 60.3 Å². The minimum absolute atomic E-state index is 0.126. The molecule has 0 spiro atoms. The predicted molar refractivity (Wildman–Crippen MR) is 134 cm³/mol. The molecule has 2 fully saturated rings. The zero-order chi connectivity index (χ0) is 29.7. The molecule has 11 atom stereocenters. The lowest BCUT2D eigenvalue weighted by atomic mass is 9.71. The molecule has 5 rings (SSSR count). The summed E-state index contributed by atoms with van der Waals surface area (Å²) in [6, 6.07) is 6.89. The SMILES string of the molecule is O=C1c2c(O)cc(CO)cc2C(C2OC(CO)C(O)C(O)C2O)c2cccc(OC3OC(CO)C(O)C(O)C3O)c21. The molecular formula is C27H32O14. The lowest BCUT2D eigenvalue weighted by molar-refractivity contribution is -0.277. The highest BCUT2D eigenvalue weighted by atomic mass is 16.7. The van der Waals surface area contributed by atoms with Crippen molar-refractivity contribution in [3.63, 3.8) is 0 Å². The normalized spacial score (nSPS) is 36.9. The van der Waals surface area contributed by atoms with Crippen molar-refractivity contribution >= 4 is 5.78 Å². The fraction of sp³-hybridized carbons (Fsp3) is 0.519. The first kappa shape index (κ1) is 29.8. The summed E-state index contributed by atoms with van der Waals surface area (Å²) in [5.74, 6) is -2.58. The van der Waals surface area contributed by atoms with Crippen molar-refractivity contribution in [3.05, 3.63) is 58.1 Å². The molecule has 2 saturated heterocycles. The number of carbonyl (C=O) groups excluding carboxylic acids is 1. The minimum Gasteiger partial charge on any atom is -0.507 e. The van der Waals surface area contributed by atoms with E-state index in [0.29, 0.717) is 0 Å². The number of ketones is 1. The molecule has 0 saturated carbocycles. The van der Waals surface area contributed by atoms with Crippen molar-refractivity contribution in [1.29, 1.82) is 0 Å². The van der Waals surface area contributed by atoms with Crippen LogP contribution in [0, 0.1) is 0 Å². The molecule has 2 aromatic rings. The van der Waals surface area contributed by atoms with E-state index in [1.54, 1.807) is 0 Å². The molecule has 11 unspecified atom stereocenters. The van der Waals surface area contributed by atoms with Crippen LogP contribution < -0.4 is 4.74 Å². The molecule has 14 heteroatoms. The van der Waals surface area contributed by atoms with E-state index in [1.165, 1.54) is 30.3 Å². The van der Waals surface area contributed by atoms with Crippen molar-refractivity contribution in [1.82, 2.24) is 0 Å². The summed E-state index contributed by atoms with van der Waals surface area (Å²) in [6.45, 7) is -1.94. The van der Waals surface area contributed by atoms with Crippen molar-refractivity contribution in [2.45, 2.75) is 73.8 Å². The van der Waals surface area contributed by atoms with Crippen molar-refractivity contribution < 1.29 is 70.1 Å². The van der Waals surface area contributed by atoms with E-state index < -0.39 is 98.5 Å². The second kappa shape index (κ2) is 11.5. The quantitative estimate of drug-likeness (QED) is 0.160. The average molecular weight is 581 g/mol. The molecule has 3 aliphatic rings. The molecule has 10 N–H and O–H groups in total. The van der Waals surface area contributed by atoms with Gasteiger partial charge in [-0.15, -0.1) is 0 Å². The molecule has 2 heterocycles. The predicted octanol–water partition coefficient (Wildman–Crippen LogP) is -3.42. The number of hydrogen-bond acceptors (Lipinski definition) is 14. The third kappa shape index (κ3) is 4.90. The van der Waals surface area contributed by atoms with E-state index in [4.69, 9.17) is 14.2 Å². The summed E-state index contributed by atoms with van der Waals surface area (Å²) in [6.07, 6.45) is -16.0. The molecule has 2 aromatic carbocycles. The van der Waals surface area contributed by atoms with Crippen LogP contribution in [0.15, 0.2) is 30.3 Å². The molecule has 0 aromatic heterocycles. The summed E-state index contributed by atoms with van der Waals surface area (Å²) in [5, 5.41) is 103. The Labute approximate surface area is 232 Å². The zero-order valence-corrected chi connectivity index (χ0v) is 21.5. The Bertz CT molecular complexity index is 1280. The molecular weight excluding hydrogens is 548 g/mol. The van der Waals surface area contributed by atoms with Crippen LogP contribution in [0.5, 0.6) is 11.5 Å². The second-order valence-corrected chi connectivity index (χ2v) is 10.4. The van der Waals surface area contributed by atoms with Gasteiger partial charge in [-0.05, 0) is 28.8 Å². The number of fused-ring (bicyclic) bond motifs is 2. The Balaban J connectivity index is 1.65. The van der Waals surface area contributed by atoms with E-state index in [-0.39, 0.29) is 33.6 Å². The number of benzene rings is 2. The molecule has 0 amide bonds. The number of phenols is 1. The molecule has 41 heavy (non-hydrogen) atoms. The number of aliphatic hydroxyl groups excluding tert-OH is 9. The number of aromatic hydroxyl groups is 1. The summed E-state index contributed by atoms with van der Waals surface area (Å²) in [7, 11) is 0. The number of carbonyl (C=O) groups is 1. The summed E-state index contributed by atoms with van der Waals surface area (Å²) < 4.78 is 17.1. The third-order valence-corrected chi connectivity index (χ3v) is 7.92. The molecule has 1 aliphatic carbocycles. The van der Waals surface area contributed by atoms with Gasteiger partial charge in [-0.3, -0.25) is 4.79 Å².